The van der Waals surface area contributed by atoms with E-state index in [0.717, 1.165) is 11.0 Å². The molecule has 0 aromatic heterocycles. The van der Waals surface area contributed by atoms with Crippen molar-refractivity contribution in [3.63, 3.8) is 0 Å². The van der Waals surface area contributed by atoms with Crippen molar-refractivity contribution >= 4 is 39.4 Å². The topological polar surface area (TPSA) is 168 Å². The third-order valence-corrected chi connectivity index (χ3v) is 9.33. The molecule has 0 saturated carbocycles. The molecule has 0 radical (unpaired) electrons. The third-order valence-electron chi connectivity index (χ3n) is 7.17. The first kappa shape index (κ1) is 33.9. The van der Waals surface area contributed by atoms with Crippen LogP contribution in [0, 0.1) is 5.82 Å². The van der Waals surface area contributed by atoms with Crippen LogP contribution in [0.15, 0.2) is 77.7 Å². The SMILES string of the molecule is COc1cccc(S(=O)(=O)C2CC(C(=O)OC(C)(C)C)N(C(=O)CNC(=O)Nc3cccc(C(=O)O)c3)C2c2ccccc2F)c1. The number of methoxy groups -OCH3 is 1. The number of esters is 1. The van der Waals surface area contributed by atoms with Gasteiger partial charge >= 0.3 is 18.0 Å². The summed E-state index contributed by atoms with van der Waals surface area (Å²) in [5.74, 6) is -3.55. The van der Waals surface area contributed by atoms with Crippen molar-refractivity contribution in [2.24, 2.45) is 0 Å². The summed E-state index contributed by atoms with van der Waals surface area (Å²) in [6.45, 7) is 4.10. The number of likely N-dealkylation sites (tertiary alicyclic amines) is 1. The molecule has 3 amide bonds. The predicted molar refractivity (Wildman–Crippen MR) is 165 cm³/mol. The fourth-order valence-corrected chi connectivity index (χ4v) is 7.16. The second-order valence-electron chi connectivity index (χ2n) is 11.5. The number of carboxylic acid groups (broad SMARTS) is 1. The Morgan fingerprint density at radius 2 is 1.70 bits per heavy atom. The van der Waals surface area contributed by atoms with Crippen LogP contribution in [0.4, 0.5) is 14.9 Å². The maximum absolute atomic E-state index is 15.4. The molecule has 4 rings (SSSR count). The Morgan fingerprint density at radius 1 is 1.00 bits per heavy atom. The van der Waals surface area contributed by atoms with Gasteiger partial charge < -0.3 is 30.1 Å². The van der Waals surface area contributed by atoms with Crippen molar-refractivity contribution < 1.29 is 46.6 Å². The van der Waals surface area contributed by atoms with Crippen LogP contribution in [0.2, 0.25) is 0 Å². The number of carbonyl (C=O) groups excluding carboxylic acids is 3. The molecule has 1 saturated heterocycles. The highest BCUT2D eigenvalue weighted by Crippen LogP contribution is 2.44. The van der Waals surface area contributed by atoms with Crippen molar-refractivity contribution in [3.8, 4) is 5.75 Å². The van der Waals surface area contributed by atoms with Crippen LogP contribution >= 0.6 is 0 Å². The molecule has 3 unspecified atom stereocenters. The molecule has 46 heavy (non-hydrogen) atoms. The van der Waals surface area contributed by atoms with Gasteiger partial charge in [-0.25, -0.2) is 27.2 Å². The molecule has 0 bridgehead atoms. The summed E-state index contributed by atoms with van der Waals surface area (Å²) < 4.78 is 54.5. The fraction of sp³-hybridized carbons (Fsp3) is 0.312. The number of ether oxygens (including phenoxy) is 2. The van der Waals surface area contributed by atoms with Crippen LogP contribution < -0.4 is 15.4 Å². The van der Waals surface area contributed by atoms with Gasteiger partial charge in [0.25, 0.3) is 0 Å². The van der Waals surface area contributed by atoms with Crippen molar-refractivity contribution in [2.45, 2.75) is 55.0 Å². The van der Waals surface area contributed by atoms with E-state index >= 15 is 4.39 Å². The van der Waals surface area contributed by atoms with Crippen molar-refractivity contribution in [1.29, 1.82) is 0 Å². The van der Waals surface area contributed by atoms with Gasteiger partial charge in [-0.05, 0) is 69.7 Å². The molecule has 1 aliphatic heterocycles. The zero-order valence-electron chi connectivity index (χ0n) is 25.5. The summed E-state index contributed by atoms with van der Waals surface area (Å²) in [5.41, 5.74) is -1.10. The van der Waals surface area contributed by atoms with E-state index < -0.39 is 75.4 Å². The lowest BCUT2D eigenvalue weighted by atomic mass is 10.0. The normalized spacial score (nSPS) is 18.0. The monoisotopic (exact) mass is 655 g/mol. The molecule has 0 aliphatic carbocycles. The van der Waals surface area contributed by atoms with Crippen LogP contribution in [0.3, 0.4) is 0 Å². The van der Waals surface area contributed by atoms with E-state index in [4.69, 9.17) is 9.47 Å². The molecular weight excluding hydrogens is 621 g/mol. The van der Waals surface area contributed by atoms with E-state index in [1.807, 2.05) is 0 Å². The standard InChI is InChI=1S/C32H34FN3O9S/c1-32(2,3)45-30(40)25-17-26(46(42,43)22-12-8-11-21(16-22)44-4)28(23-13-5-6-14-24(23)33)36(25)27(37)18-34-31(41)35-20-10-7-9-19(15-20)29(38)39/h5-16,25-26,28H,17-18H2,1-4H3,(H,38,39)(H2,34,35,41). The largest absolute Gasteiger partial charge is 0.497 e. The molecule has 3 aromatic carbocycles. The van der Waals surface area contributed by atoms with Gasteiger partial charge in [-0.15, -0.1) is 0 Å². The van der Waals surface area contributed by atoms with E-state index in [-0.39, 0.29) is 27.5 Å². The zero-order chi connectivity index (χ0) is 33.8. The number of anilines is 1. The van der Waals surface area contributed by atoms with Gasteiger partial charge in [-0.2, -0.15) is 0 Å². The molecular formula is C32H34FN3O9S. The van der Waals surface area contributed by atoms with E-state index in [1.165, 1.54) is 67.8 Å². The van der Waals surface area contributed by atoms with Gasteiger partial charge in [0.05, 0.1) is 35.4 Å². The Labute approximate surface area is 265 Å². The van der Waals surface area contributed by atoms with E-state index in [1.54, 1.807) is 26.8 Å². The van der Waals surface area contributed by atoms with Crippen LogP contribution in [0.25, 0.3) is 0 Å². The summed E-state index contributed by atoms with van der Waals surface area (Å²) >= 11 is 0. The number of carboxylic acids is 1. The van der Waals surface area contributed by atoms with Crippen LogP contribution in [-0.4, -0.2) is 72.8 Å². The molecule has 14 heteroatoms. The highest BCUT2D eigenvalue weighted by molar-refractivity contribution is 7.92. The van der Waals surface area contributed by atoms with Gasteiger partial charge in [-0.1, -0.05) is 30.3 Å². The summed E-state index contributed by atoms with van der Waals surface area (Å²) in [5, 5.41) is 12.5. The molecule has 0 spiro atoms. The number of hydrogen-bond donors (Lipinski definition) is 3. The summed E-state index contributed by atoms with van der Waals surface area (Å²) in [7, 11) is -2.97. The van der Waals surface area contributed by atoms with E-state index in [0.29, 0.717) is 0 Å². The number of nitrogens with one attached hydrogen (secondary N) is 2. The predicted octanol–water partition coefficient (Wildman–Crippen LogP) is 4.18. The Kier molecular flexibility index (Phi) is 10.00. The second kappa shape index (κ2) is 13.6. The van der Waals surface area contributed by atoms with Crippen molar-refractivity contribution in [1.82, 2.24) is 10.2 Å². The van der Waals surface area contributed by atoms with Gasteiger partial charge in [0.1, 0.15) is 23.2 Å². The molecule has 244 valence electrons. The van der Waals surface area contributed by atoms with Crippen molar-refractivity contribution in [2.75, 3.05) is 19.0 Å². The smallest absolute Gasteiger partial charge is 0.335 e. The minimum Gasteiger partial charge on any atom is -0.497 e. The zero-order valence-corrected chi connectivity index (χ0v) is 26.3. The number of amides is 3. The quantitative estimate of drug-likeness (QED) is 0.287. The van der Waals surface area contributed by atoms with Gasteiger partial charge in [0.2, 0.25) is 5.91 Å². The fourth-order valence-electron chi connectivity index (χ4n) is 5.21. The van der Waals surface area contributed by atoms with E-state index in [9.17, 15) is 32.7 Å². The number of nitrogens with zero attached hydrogens (tertiary/aromatic N) is 1. The Hall–Kier alpha value is -4.98. The molecule has 3 N–H and O–H groups in total. The summed E-state index contributed by atoms with van der Waals surface area (Å²) in [4.78, 5) is 52.2. The van der Waals surface area contributed by atoms with Crippen molar-refractivity contribution in [3.05, 3.63) is 89.7 Å². The Balaban J connectivity index is 1.73. The number of carbonyl (C=O) groups is 4. The molecule has 1 fully saturated rings. The first-order valence-electron chi connectivity index (χ1n) is 14.2. The first-order chi connectivity index (χ1) is 21.6. The van der Waals surface area contributed by atoms with Crippen LogP contribution in [-0.2, 0) is 24.2 Å². The van der Waals surface area contributed by atoms with E-state index in [2.05, 4.69) is 10.6 Å². The lowest BCUT2D eigenvalue weighted by molar-refractivity contribution is -0.164. The number of hydrogen-bond acceptors (Lipinski definition) is 8. The molecule has 1 heterocycles. The maximum atomic E-state index is 15.4. The average Bonchev–Trinajstić information content (AvgIpc) is 3.41. The molecule has 1 aliphatic rings. The molecule has 3 aromatic rings. The summed E-state index contributed by atoms with van der Waals surface area (Å²) in [6.07, 6.45) is -0.423. The molecule has 3 atom stereocenters. The van der Waals surface area contributed by atoms with Crippen LogP contribution in [0.5, 0.6) is 5.75 Å². The first-order valence-corrected chi connectivity index (χ1v) is 15.7. The highest BCUT2D eigenvalue weighted by Gasteiger charge is 2.54. The van der Waals surface area contributed by atoms with Crippen LogP contribution in [0.1, 0.15) is 49.2 Å². The van der Waals surface area contributed by atoms with Gasteiger partial charge in [-0.3, -0.25) is 4.79 Å². The molecule has 12 nitrogen and oxygen atoms in total. The third kappa shape index (κ3) is 7.62. The number of urea groups is 1. The van der Waals surface area contributed by atoms with Gasteiger partial charge in [0, 0.05) is 11.3 Å². The number of halogens is 1. The number of aromatic carboxylic acids is 1. The number of benzene rings is 3. The minimum atomic E-state index is -4.34. The average molecular weight is 656 g/mol. The lowest BCUT2D eigenvalue weighted by Gasteiger charge is -2.32. The second-order valence-corrected chi connectivity index (χ2v) is 13.7. The lowest BCUT2D eigenvalue weighted by Crippen LogP contribution is -2.49. The Bertz CT molecular complexity index is 1760. The number of rotatable bonds is 9. The van der Waals surface area contributed by atoms with Gasteiger partial charge in [0.15, 0.2) is 9.84 Å². The Morgan fingerprint density at radius 3 is 2.35 bits per heavy atom. The highest BCUT2D eigenvalue weighted by atomic mass is 32.2. The maximum Gasteiger partial charge on any atom is 0.335 e. The summed E-state index contributed by atoms with van der Waals surface area (Å²) in [6, 6.07) is 12.6. The minimum absolute atomic E-state index is 0.0813. The number of sulfone groups is 1.